The lowest BCUT2D eigenvalue weighted by atomic mass is 9.87. The minimum absolute atomic E-state index is 0.126. The predicted molar refractivity (Wildman–Crippen MR) is 89.3 cm³/mol. The highest BCUT2D eigenvalue weighted by Gasteiger charge is 2.41. The van der Waals surface area contributed by atoms with Gasteiger partial charge in [-0.25, -0.2) is 0 Å². The fraction of sp³-hybridized carbons (Fsp3) is 0.944. The van der Waals surface area contributed by atoms with E-state index in [0.717, 1.165) is 32.7 Å². The normalized spacial score (nSPS) is 35.0. The zero-order chi connectivity index (χ0) is 16.1. The molecule has 1 saturated carbocycles. The van der Waals surface area contributed by atoms with Gasteiger partial charge in [-0.05, 0) is 38.1 Å². The third kappa shape index (κ3) is 4.68. The molecule has 2 saturated heterocycles. The van der Waals surface area contributed by atoms with Crippen LogP contribution in [0.3, 0.4) is 0 Å². The molecular weight excluding hydrogens is 292 g/mol. The van der Waals surface area contributed by atoms with Gasteiger partial charge in [0.05, 0.1) is 25.9 Å². The van der Waals surface area contributed by atoms with Crippen molar-refractivity contribution in [2.75, 3.05) is 46.0 Å². The maximum Gasteiger partial charge on any atom is 0.234 e. The Bertz CT molecular complexity index is 396. The Morgan fingerprint density at radius 2 is 2.22 bits per heavy atom. The highest BCUT2D eigenvalue weighted by atomic mass is 16.5. The Labute approximate surface area is 140 Å². The van der Waals surface area contributed by atoms with Crippen LogP contribution in [-0.2, 0) is 14.3 Å². The average molecular weight is 324 g/mol. The highest BCUT2D eigenvalue weighted by Crippen LogP contribution is 2.37. The summed E-state index contributed by atoms with van der Waals surface area (Å²) in [6, 6.07) is 0. The maximum atomic E-state index is 12.1. The van der Waals surface area contributed by atoms with Crippen LogP contribution in [-0.4, -0.2) is 62.9 Å². The number of hydrogen-bond donors (Lipinski definition) is 1. The molecule has 5 nitrogen and oxygen atoms in total. The van der Waals surface area contributed by atoms with E-state index in [1.165, 1.54) is 32.1 Å². The van der Waals surface area contributed by atoms with Gasteiger partial charge in [0.15, 0.2) is 0 Å². The number of hydrogen-bond acceptors (Lipinski definition) is 4. The summed E-state index contributed by atoms with van der Waals surface area (Å²) in [5.41, 5.74) is 0.334. The molecule has 5 heteroatoms. The van der Waals surface area contributed by atoms with E-state index < -0.39 is 0 Å². The molecule has 3 rings (SSSR count). The molecule has 1 N–H and O–H groups in total. The standard InChI is InChI=1S/C18H32N2O3/c1-15-4-2-3-5-16(15)23-11-8-19-17(21)12-20-9-6-18(13-20)7-10-22-14-18/h15-16H,2-14H2,1H3,(H,19,21)/t15-,16-,18-/m1/s1. The Hall–Kier alpha value is -0.650. The van der Waals surface area contributed by atoms with Gasteiger partial charge in [0.2, 0.25) is 5.91 Å². The molecule has 0 radical (unpaired) electrons. The highest BCUT2D eigenvalue weighted by molar-refractivity contribution is 5.78. The van der Waals surface area contributed by atoms with E-state index in [0.29, 0.717) is 37.1 Å². The Morgan fingerprint density at radius 1 is 1.35 bits per heavy atom. The average Bonchev–Trinajstić information content (AvgIpc) is 3.16. The first-order valence-corrected chi connectivity index (χ1v) is 9.35. The van der Waals surface area contributed by atoms with E-state index in [1.54, 1.807) is 0 Å². The largest absolute Gasteiger partial charge is 0.381 e. The second-order valence-corrected chi connectivity index (χ2v) is 7.78. The molecule has 0 aromatic carbocycles. The van der Waals surface area contributed by atoms with E-state index in [1.807, 2.05) is 0 Å². The summed E-state index contributed by atoms with van der Waals surface area (Å²) in [7, 11) is 0. The van der Waals surface area contributed by atoms with Gasteiger partial charge < -0.3 is 14.8 Å². The van der Waals surface area contributed by atoms with Crippen LogP contribution in [0.5, 0.6) is 0 Å². The molecule has 3 aliphatic rings. The van der Waals surface area contributed by atoms with Crippen LogP contribution in [0.2, 0.25) is 0 Å². The molecule has 0 bridgehead atoms. The molecule has 1 spiro atoms. The first-order chi connectivity index (χ1) is 11.2. The summed E-state index contributed by atoms with van der Waals surface area (Å²) in [5, 5.41) is 3.01. The number of carbonyl (C=O) groups excluding carboxylic acids is 1. The van der Waals surface area contributed by atoms with Crippen molar-refractivity contribution in [2.24, 2.45) is 11.3 Å². The predicted octanol–water partition coefficient (Wildman–Crippen LogP) is 1.81. The number of carbonyl (C=O) groups is 1. The topological polar surface area (TPSA) is 50.8 Å². The Kier molecular flexibility index (Phi) is 5.94. The van der Waals surface area contributed by atoms with Crippen molar-refractivity contribution in [3.05, 3.63) is 0 Å². The van der Waals surface area contributed by atoms with Crippen LogP contribution >= 0.6 is 0 Å². The van der Waals surface area contributed by atoms with Crippen LogP contribution in [0.1, 0.15) is 45.4 Å². The van der Waals surface area contributed by atoms with Crippen molar-refractivity contribution in [3.63, 3.8) is 0 Å². The molecule has 1 amide bonds. The van der Waals surface area contributed by atoms with Crippen LogP contribution in [0, 0.1) is 11.3 Å². The zero-order valence-electron chi connectivity index (χ0n) is 14.5. The van der Waals surface area contributed by atoms with Crippen molar-refractivity contribution in [3.8, 4) is 0 Å². The van der Waals surface area contributed by atoms with E-state index in [4.69, 9.17) is 9.47 Å². The minimum Gasteiger partial charge on any atom is -0.381 e. The molecule has 1 aliphatic carbocycles. The van der Waals surface area contributed by atoms with Gasteiger partial charge >= 0.3 is 0 Å². The monoisotopic (exact) mass is 324 g/mol. The number of rotatable bonds is 6. The number of amides is 1. The van der Waals surface area contributed by atoms with Gasteiger partial charge in [-0.1, -0.05) is 19.8 Å². The van der Waals surface area contributed by atoms with E-state index in [2.05, 4.69) is 17.1 Å². The van der Waals surface area contributed by atoms with Crippen LogP contribution in [0.15, 0.2) is 0 Å². The number of nitrogens with zero attached hydrogens (tertiary/aromatic N) is 1. The first-order valence-electron chi connectivity index (χ1n) is 9.35. The smallest absolute Gasteiger partial charge is 0.234 e. The van der Waals surface area contributed by atoms with Gasteiger partial charge in [-0.15, -0.1) is 0 Å². The van der Waals surface area contributed by atoms with Crippen LogP contribution in [0.25, 0.3) is 0 Å². The molecule has 3 atom stereocenters. The molecule has 3 fully saturated rings. The van der Waals surface area contributed by atoms with Gasteiger partial charge in [0.25, 0.3) is 0 Å². The summed E-state index contributed by atoms with van der Waals surface area (Å²) < 4.78 is 11.5. The SMILES string of the molecule is C[C@@H]1CCCC[C@H]1OCCNC(=O)CN1CC[C@@]2(CCOC2)C1. The van der Waals surface area contributed by atoms with Gasteiger partial charge in [-0.3, -0.25) is 9.69 Å². The van der Waals surface area contributed by atoms with Crippen molar-refractivity contribution in [2.45, 2.75) is 51.6 Å². The number of likely N-dealkylation sites (tertiary alicyclic amines) is 1. The molecule has 0 aromatic heterocycles. The van der Waals surface area contributed by atoms with Gasteiger partial charge in [0, 0.05) is 25.1 Å². The number of ether oxygens (including phenoxy) is 2. The fourth-order valence-electron chi connectivity index (χ4n) is 4.32. The van der Waals surface area contributed by atoms with Crippen molar-refractivity contribution < 1.29 is 14.3 Å². The van der Waals surface area contributed by atoms with Crippen molar-refractivity contribution in [1.29, 1.82) is 0 Å². The second kappa shape index (κ2) is 7.95. The molecule has 132 valence electrons. The summed E-state index contributed by atoms with van der Waals surface area (Å²) in [5.74, 6) is 0.787. The molecule has 0 aromatic rings. The van der Waals surface area contributed by atoms with Crippen LogP contribution in [0.4, 0.5) is 0 Å². The zero-order valence-corrected chi connectivity index (χ0v) is 14.5. The van der Waals surface area contributed by atoms with E-state index in [9.17, 15) is 4.79 Å². The Morgan fingerprint density at radius 3 is 3.00 bits per heavy atom. The van der Waals surface area contributed by atoms with Crippen LogP contribution < -0.4 is 5.32 Å². The quantitative estimate of drug-likeness (QED) is 0.757. The Balaban J connectivity index is 1.28. The van der Waals surface area contributed by atoms with Crippen molar-refractivity contribution >= 4 is 5.91 Å². The van der Waals surface area contributed by atoms with E-state index >= 15 is 0 Å². The molecular formula is C18H32N2O3. The summed E-state index contributed by atoms with van der Waals surface area (Å²) in [6.07, 6.45) is 7.77. The van der Waals surface area contributed by atoms with Gasteiger partial charge in [0.1, 0.15) is 0 Å². The molecule has 2 heterocycles. The summed E-state index contributed by atoms with van der Waals surface area (Å²) >= 11 is 0. The second-order valence-electron chi connectivity index (χ2n) is 7.78. The maximum absolute atomic E-state index is 12.1. The molecule has 2 aliphatic heterocycles. The third-order valence-electron chi connectivity index (χ3n) is 5.86. The first kappa shape index (κ1) is 17.2. The lowest BCUT2D eigenvalue weighted by Crippen LogP contribution is -2.39. The molecule has 0 unspecified atom stereocenters. The lowest BCUT2D eigenvalue weighted by molar-refractivity contribution is -0.122. The summed E-state index contributed by atoms with van der Waals surface area (Å²) in [4.78, 5) is 14.4. The van der Waals surface area contributed by atoms with Gasteiger partial charge in [-0.2, -0.15) is 0 Å². The van der Waals surface area contributed by atoms with E-state index in [-0.39, 0.29) is 5.91 Å². The van der Waals surface area contributed by atoms with Crippen molar-refractivity contribution in [1.82, 2.24) is 10.2 Å². The lowest BCUT2D eigenvalue weighted by Gasteiger charge is -2.28. The minimum atomic E-state index is 0.126. The molecule has 23 heavy (non-hydrogen) atoms. The fourth-order valence-corrected chi connectivity index (χ4v) is 4.32. The third-order valence-corrected chi connectivity index (χ3v) is 5.86. The summed E-state index contributed by atoms with van der Waals surface area (Å²) in [6.45, 7) is 7.85. The number of nitrogens with one attached hydrogen (secondary N) is 1.